The van der Waals surface area contributed by atoms with Crippen molar-refractivity contribution < 1.29 is 9.50 Å². The lowest BCUT2D eigenvalue weighted by atomic mass is 9.97. The lowest BCUT2D eigenvalue weighted by molar-refractivity contribution is 0.179. The van der Waals surface area contributed by atoms with Gasteiger partial charge in [-0.05, 0) is 32.9 Å². The number of benzene rings is 1. The summed E-state index contributed by atoms with van der Waals surface area (Å²) in [5.41, 5.74) is 0.263. The van der Waals surface area contributed by atoms with E-state index in [9.17, 15) is 9.50 Å². The fourth-order valence-corrected chi connectivity index (χ4v) is 1.71. The van der Waals surface area contributed by atoms with Gasteiger partial charge in [-0.2, -0.15) is 0 Å². The Morgan fingerprint density at radius 1 is 1.39 bits per heavy atom. The molecule has 1 atom stereocenters. The van der Waals surface area contributed by atoms with Gasteiger partial charge in [0.25, 0.3) is 0 Å². The van der Waals surface area contributed by atoms with E-state index in [0.29, 0.717) is 17.0 Å². The van der Waals surface area contributed by atoms with Crippen LogP contribution in [0.3, 0.4) is 0 Å². The highest BCUT2D eigenvalue weighted by molar-refractivity contribution is 6.31. The van der Waals surface area contributed by atoms with Crippen LogP contribution in [-0.2, 0) is 6.42 Å². The molecule has 1 unspecified atom stereocenters. The molecule has 0 amide bonds. The molecular weight excluding hydrogens is 251 g/mol. The number of hydrogen-bond acceptors (Lipinski definition) is 1. The third kappa shape index (κ3) is 5.08. The van der Waals surface area contributed by atoms with Crippen LogP contribution in [0.15, 0.2) is 18.2 Å². The van der Waals surface area contributed by atoms with Crippen LogP contribution in [0.5, 0.6) is 0 Å². The standard InChI is InChI=1S/C15H18ClFO/c1-15(2,3)9-5-6-11(18)10-12-13(16)7-4-8-14(12)17/h4,7-8,11,18H,6,10H2,1-3H3. The summed E-state index contributed by atoms with van der Waals surface area (Å²) >= 11 is 5.89. The van der Waals surface area contributed by atoms with E-state index in [4.69, 9.17) is 11.6 Å². The van der Waals surface area contributed by atoms with Gasteiger partial charge < -0.3 is 5.11 Å². The average Bonchev–Trinajstić information content (AvgIpc) is 2.22. The van der Waals surface area contributed by atoms with Gasteiger partial charge in [0.2, 0.25) is 0 Å². The van der Waals surface area contributed by atoms with Crippen molar-refractivity contribution in [3.05, 3.63) is 34.6 Å². The molecule has 0 fully saturated rings. The molecule has 1 nitrogen and oxygen atoms in total. The lowest BCUT2D eigenvalue weighted by Crippen LogP contribution is -2.11. The summed E-state index contributed by atoms with van der Waals surface area (Å²) in [7, 11) is 0. The van der Waals surface area contributed by atoms with Crippen LogP contribution in [-0.4, -0.2) is 11.2 Å². The zero-order valence-corrected chi connectivity index (χ0v) is 11.7. The van der Waals surface area contributed by atoms with E-state index in [0.717, 1.165) is 0 Å². The van der Waals surface area contributed by atoms with Crippen LogP contribution in [0.4, 0.5) is 4.39 Å². The highest BCUT2D eigenvalue weighted by atomic mass is 35.5. The van der Waals surface area contributed by atoms with Crippen molar-refractivity contribution in [2.45, 2.75) is 39.7 Å². The van der Waals surface area contributed by atoms with Crippen molar-refractivity contribution in [3.8, 4) is 11.8 Å². The predicted molar refractivity (Wildman–Crippen MR) is 73.0 cm³/mol. The lowest BCUT2D eigenvalue weighted by Gasteiger charge is -2.11. The smallest absolute Gasteiger partial charge is 0.127 e. The molecule has 0 radical (unpaired) electrons. The zero-order chi connectivity index (χ0) is 13.8. The van der Waals surface area contributed by atoms with Gasteiger partial charge in [-0.25, -0.2) is 4.39 Å². The van der Waals surface area contributed by atoms with Gasteiger partial charge >= 0.3 is 0 Å². The summed E-state index contributed by atoms with van der Waals surface area (Å²) in [5.74, 6) is 5.57. The van der Waals surface area contributed by atoms with Gasteiger partial charge in [-0.3, -0.25) is 0 Å². The molecule has 18 heavy (non-hydrogen) atoms. The van der Waals surface area contributed by atoms with Gasteiger partial charge in [0.1, 0.15) is 5.82 Å². The molecule has 1 N–H and O–H groups in total. The summed E-state index contributed by atoms with van der Waals surface area (Å²) in [6.07, 6.45) is -0.194. The predicted octanol–water partition coefficient (Wildman–Crippen LogP) is 3.82. The highest BCUT2D eigenvalue weighted by Gasteiger charge is 2.12. The van der Waals surface area contributed by atoms with Crippen molar-refractivity contribution in [2.24, 2.45) is 5.41 Å². The molecule has 0 aliphatic rings. The Balaban J connectivity index is 2.65. The van der Waals surface area contributed by atoms with E-state index in [2.05, 4.69) is 11.8 Å². The third-order valence-corrected chi connectivity index (χ3v) is 2.66. The van der Waals surface area contributed by atoms with Crippen LogP contribution >= 0.6 is 11.6 Å². The maximum absolute atomic E-state index is 13.5. The second-order valence-electron chi connectivity index (χ2n) is 5.31. The monoisotopic (exact) mass is 268 g/mol. The first kappa shape index (κ1) is 15.0. The molecule has 1 aromatic carbocycles. The van der Waals surface area contributed by atoms with Crippen LogP contribution in [0.25, 0.3) is 0 Å². The molecule has 0 aromatic heterocycles. The van der Waals surface area contributed by atoms with E-state index >= 15 is 0 Å². The van der Waals surface area contributed by atoms with Crippen molar-refractivity contribution in [1.29, 1.82) is 0 Å². The molecule has 0 saturated heterocycles. The van der Waals surface area contributed by atoms with Gasteiger partial charge in [-0.15, -0.1) is 5.92 Å². The number of halogens is 2. The molecule has 0 aliphatic heterocycles. The highest BCUT2D eigenvalue weighted by Crippen LogP contribution is 2.21. The second kappa shape index (κ2) is 6.22. The van der Waals surface area contributed by atoms with Crippen LogP contribution in [0.1, 0.15) is 32.8 Å². The van der Waals surface area contributed by atoms with E-state index < -0.39 is 6.10 Å². The summed E-state index contributed by atoms with van der Waals surface area (Å²) in [6.45, 7) is 6.00. The topological polar surface area (TPSA) is 20.2 Å². The molecule has 0 heterocycles. The first-order valence-corrected chi connectivity index (χ1v) is 6.28. The Kier molecular flexibility index (Phi) is 5.19. The quantitative estimate of drug-likeness (QED) is 0.827. The van der Waals surface area contributed by atoms with Crippen molar-refractivity contribution in [1.82, 2.24) is 0 Å². The first-order chi connectivity index (χ1) is 8.29. The van der Waals surface area contributed by atoms with E-state index in [-0.39, 0.29) is 17.7 Å². The van der Waals surface area contributed by atoms with Gasteiger partial charge in [-0.1, -0.05) is 23.6 Å². The number of aliphatic hydroxyl groups excluding tert-OH is 1. The minimum absolute atomic E-state index is 0.0879. The minimum atomic E-state index is -0.700. The number of aliphatic hydroxyl groups is 1. The fraction of sp³-hybridized carbons (Fsp3) is 0.467. The van der Waals surface area contributed by atoms with E-state index in [1.165, 1.54) is 6.07 Å². The average molecular weight is 269 g/mol. The van der Waals surface area contributed by atoms with Crippen molar-refractivity contribution in [2.75, 3.05) is 0 Å². The molecule has 0 spiro atoms. The van der Waals surface area contributed by atoms with Crippen LogP contribution < -0.4 is 0 Å². The van der Waals surface area contributed by atoms with Gasteiger partial charge in [0, 0.05) is 28.8 Å². The Bertz CT molecular complexity index is 445. The van der Waals surface area contributed by atoms with Crippen LogP contribution in [0, 0.1) is 23.1 Å². The van der Waals surface area contributed by atoms with Crippen molar-refractivity contribution >= 4 is 11.6 Å². The van der Waals surface area contributed by atoms with Crippen LogP contribution in [0.2, 0.25) is 5.02 Å². The molecule has 1 rings (SSSR count). The largest absolute Gasteiger partial charge is 0.392 e. The third-order valence-electron chi connectivity index (χ3n) is 2.30. The number of hydrogen-bond donors (Lipinski definition) is 1. The summed E-state index contributed by atoms with van der Waals surface area (Å²) in [4.78, 5) is 0. The summed E-state index contributed by atoms with van der Waals surface area (Å²) in [5, 5.41) is 10.2. The molecule has 0 bridgehead atoms. The molecule has 1 aromatic rings. The Labute approximate surface area is 113 Å². The summed E-state index contributed by atoms with van der Waals surface area (Å²) < 4.78 is 13.5. The van der Waals surface area contributed by atoms with Crippen molar-refractivity contribution in [3.63, 3.8) is 0 Å². The second-order valence-corrected chi connectivity index (χ2v) is 5.72. The van der Waals surface area contributed by atoms with E-state index in [1.54, 1.807) is 12.1 Å². The minimum Gasteiger partial charge on any atom is -0.392 e. The molecular formula is C15H18ClFO. The first-order valence-electron chi connectivity index (χ1n) is 5.90. The van der Waals surface area contributed by atoms with Gasteiger partial charge in [0.15, 0.2) is 0 Å². The normalized spacial score (nSPS) is 12.8. The maximum atomic E-state index is 13.5. The summed E-state index contributed by atoms with van der Waals surface area (Å²) in [6, 6.07) is 4.51. The molecule has 98 valence electrons. The maximum Gasteiger partial charge on any atom is 0.127 e. The Hall–Kier alpha value is -1.04. The number of rotatable bonds is 3. The zero-order valence-electron chi connectivity index (χ0n) is 10.9. The Morgan fingerprint density at radius 3 is 2.61 bits per heavy atom. The molecule has 0 aliphatic carbocycles. The SMILES string of the molecule is CC(C)(C)C#CCC(O)Cc1c(F)cccc1Cl. The Morgan fingerprint density at radius 2 is 2.06 bits per heavy atom. The molecule has 3 heteroatoms. The van der Waals surface area contributed by atoms with Gasteiger partial charge in [0.05, 0.1) is 6.10 Å². The van der Waals surface area contributed by atoms with E-state index in [1.807, 2.05) is 20.8 Å². The molecule has 0 saturated carbocycles. The fourth-order valence-electron chi connectivity index (χ4n) is 1.47.